The molecule has 3 heteroatoms. The quantitative estimate of drug-likeness (QED) is 0.341. The molecule has 3 aromatic heterocycles. The molecule has 0 aliphatic carbocycles. The van der Waals surface area contributed by atoms with Crippen LogP contribution in [0.1, 0.15) is 11.5 Å². The predicted octanol–water partition coefficient (Wildman–Crippen LogP) is 6.16. The summed E-state index contributed by atoms with van der Waals surface area (Å²) < 4.78 is 14.1. The number of fused-ring (bicyclic) bond motifs is 5. The summed E-state index contributed by atoms with van der Waals surface area (Å²) in [5.41, 5.74) is 1.91. The first-order valence-electron chi connectivity index (χ1n) is 6.94. The molecular formula is C18H12O2S. The number of hydrogen-bond acceptors (Lipinski definition) is 3. The van der Waals surface area contributed by atoms with Gasteiger partial charge in [-0.25, -0.2) is 0 Å². The molecule has 2 aromatic carbocycles. The topological polar surface area (TPSA) is 26.3 Å². The van der Waals surface area contributed by atoms with Crippen molar-refractivity contribution in [2.45, 2.75) is 13.8 Å². The zero-order valence-corrected chi connectivity index (χ0v) is 12.5. The van der Waals surface area contributed by atoms with Crippen LogP contribution in [0.5, 0.6) is 0 Å². The highest BCUT2D eigenvalue weighted by atomic mass is 32.1. The van der Waals surface area contributed by atoms with Gasteiger partial charge in [0.2, 0.25) is 0 Å². The number of rotatable bonds is 0. The monoisotopic (exact) mass is 292 g/mol. The minimum absolute atomic E-state index is 0.954. The third kappa shape index (κ3) is 1.52. The molecule has 0 aliphatic heterocycles. The minimum Gasteiger partial charge on any atom is -0.461 e. The molecule has 0 amide bonds. The van der Waals surface area contributed by atoms with Crippen LogP contribution in [0.3, 0.4) is 0 Å². The van der Waals surface area contributed by atoms with E-state index in [0.717, 1.165) is 22.7 Å². The highest BCUT2D eigenvalue weighted by Gasteiger charge is 2.11. The third-order valence-corrected chi connectivity index (χ3v) is 5.11. The van der Waals surface area contributed by atoms with Gasteiger partial charge in [0.05, 0.1) is 0 Å². The van der Waals surface area contributed by atoms with E-state index in [-0.39, 0.29) is 0 Å². The van der Waals surface area contributed by atoms with Crippen LogP contribution in [0.2, 0.25) is 0 Å². The van der Waals surface area contributed by atoms with Gasteiger partial charge in [0.15, 0.2) is 0 Å². The van der Waals surface area contributed by atoms with E-state index in [9.17, 15) is 0 Å². The molecule has 0 unspecified atom stereocenters. The van der Waals surface area contributed by atoms with Gasteiger partial charge in [-0.05, 0) is 50.2 Å². The first-order valence-corrected chi connectivity index (χ1v) is 7.76. The molecule has 5 aromatic rings. The Labute approximate surface area is 124 Å². The summed E-state index contributed by atoms with van der Waals surface area (Å²) in [6.07, 6.45) is 0. The second-order valence-corrected chi connectivity index (χ2v) is 6.67. The standard InChI is InChI=1S/C18H12O2S/c1-9-3-11-5-17-13(7-15(11)19-9)14-8-16-12(4-10(2)20-16)6-18(14)21-17/h3-8H,1-2H3. The lowest BCUT2D eigenvalue weighted by atomic mass is 10.1. The highest BCUT2D eigenvalue weighted by Crippen LogP contribution is 2.39. The summed E-state index contributed by atoms with van der Waals surface area (Å²) >= 11 is 1.83. The molecule has 0 spiro atoms. The summed E-state index contributed by atoms with van der Waals surface area (Å²) in [6.45, 7) is 3.97. The molecule has 0 saturated carbocycles. The Kier molecular flexibility index (Phi) is 2.00. The summed E-state index contributed by atoms with van der Waals surface area (Å²) in [7, 11) is 0. The van der Waals surface area contributed by atoms with Crippen molar-refractivity contribution in [1.29, 1.82) is 0 Å². The van der Waals surface area contributed by atoms with Gasteiger partial charge in [0.25, 0.3) is 0 Å². The van der Waals surface area contributed by atoms with Gasteiger partial charge < -0.3 is 8.83 Å². The first-order chi connectivity index (χ1) is 10.2. The van der Waals surface area contributed by atoms with Crippen molar-refractivity contribution in [3.05, 3.63) is 47.9 Å². The fourth-order valence-electron chi connectivity index (χ4n) is 3.11. The minimum atomic E-state index is 0.954. The average Bonchev–Trinajstić information content (AvgIpc) is 3.05. The largest absolute Gasteiger partial charge is 0.461 e. The predicted molar refractivity (Wildman–Crippen MR) is 88.3 cm³/mol. The summed E-state index contributed by atoms with van der Waals surface area (Å²) in [5, 5.41) is 4.83. The Morgan fingerprint density at radius 2 is 1.14 bits per heavy atom. The zero-order valence-electron chi connectivity index (χ0n) is 11.7. The number of thiophene rings is 1. The average molecular weight is 292 g/mol. The van der Waals surface area contributed by atoms with Crippen molar-refractivity contribution in [3.8, 4) is 0 Å². The molecule has 0 aliphatic rings. The molecule has 0 bridgehead atoms. The molecule has 2 nitrogen and oxygen atoms in total. The molecular weight excluding hydrogens is 280 g/mol. The maximum atomic E-state index is 5.77. The van der Waals surface area contributed by atoms with Crippen LogP contribution >= 0.6 is 11.3 Å². The van der Waals surface area contributed by atoms with Crippen molar-refractivity contribution >= 4 is 53.4 Å². The van der Waals surface area contributed by atoms with Crippen LogP contribution in [0.15, 0.2) is 45.2 Å². The second kappa shape index (κ2) is 3.68. The number of furan rings is 2. The molecule has 5 rings (SSSR count). The van der Waals surface area contributed by atoms with Crippen LogP contribution in [0.4, 0.5) is 0 Å². The molecule has 102 valence electrons. The van der Waals surface area contributed by atoms with Crippen LogP contribution in [0.25, 0.3) is 42.1 Å². The summed E-state index contributed by atoms with van der Waals surface area (Å²) in [6, 6.07) is 12.9. The van der Waals surface area contributed by atoms with Gasteiger partial charge in [-0.3, -0.25) is 0 Å². The van der Waals surface area contributed by atoms with Crippen LogP contribution in [-0.2, 0) is 0 Å². The SMILES string of the molecule is Cc1cc2cc3sc4cc5cc(C)oc5cc4c3cc2o1. The number of benzene rings is 2. The smallest absolute Gasteiger partial charge is 0.134 e. The fourth-order valence-corrected chi connectivity index (χ4v) is 4.27. The molecule has 0 saturated heterocycles. The van der Waals surface area contributed by atoms with Crippen molar-refractivity contribution in [2.75, 3.05) is 0 Å². The Balaban J connectivity index is 1.97. The third-order valence-electron chi connectivity index (χ3n) is 3.99. The van der Waals surface area contributed by atoms with E-state index < -0.39 is 0 Å². The second-order valence-electron chi connectivity index (χ2n) is 5.59. The van der Waals surface area contributed by atoms with Crippen molar-refractivity contribution in [3.63, 3.8) is 0 Å². The summed E-state index contributed by atoms with van der Waals surface area (Å²) in [5.74, 6) is 1.91. The molecule has 0 fully saturated rings. The number of aryl methyl sites for hydroxylation is 2. The van der Waals surface area contributed by atoms with Gasteiger partial charge in [0.1, 0.15) is 22.7 Å². The molecule has 21 heavy (non-hydrogen) atoms. The van der Waals surface area contributed by atoms with Crippen LogP contribution < -0.4 is 0 Å². The number of hydrogen-bond donors (Lipinski definition) is 0. The van der Waals surface area contributed by atoms with Gasteiger partial charge in [-0.2, -0.15) is 0 Å². The molecule has 0 N–H and O–H groups in total. The van der Waals surface area contributed by atoms with Crippen molar-refractivity contribution in [2.24, 2.45) is 0 Å². The van der Waals surface area contributed by atoms with Crippen molar-refractivity contribution < 1.29 is 8.83 Å². The fraction of sp³-hybridized carbons (Fsp3) is 0.111. The maximum Gasteiger partial charge on any atom is 0.134 e. The highest BCUT2D eigenvalue weighted by molar-refractivity contribution is 7.26. The molecule has 0 atom stereocenters. The lowest BCUT2D eigenvalue weighted by molar-refractivity contribution is 0.578. The van der Waals surface area contributed by atoms with E-state index in [1.165, 1.54) is 30.9 Å². The van der Waals surface area contributed by atoms with Crippen molar-refractivity contribution in [1.82, 2.24) is 0 Å². The van der Waals surface area contributed by atoms with Gasteiger partial charge in [0, 0.05) is 30.9 Å². The molecule has 0 radical (unpaired) electrons. The van der Waals surface area contributed by atoms with E-state index in [4.69, 9.17) is 8.83 Å². The van der Waals surface area contributed by atoms with Gasteiger partial charge >= 0.3 is 0 Å². The van der Waals surface area contributed by atoms with E-state index in [1.54, 1.807) is 0 Å². The van der Waals surface area contributed by atoms with E-state index >= 15 is 0 Å². The van der Waals surface area contributed by atoms with E-state index in [2.05, 4.69) is 36.4 Å². The van der Waals surface area contributed by atoms with E-state index in [1.807, 2.05) is 25.2 Å². The van der Waals surface area contributed by atoms with Crippen LogP contribution in [-0.4, -0.2) is 0 Å². The lowest BCUT2D eigenvalue weighted by Crippen LogP contribution is -1.68. The maximum absolute atomic E-state index is 5.77. The first kappa shape index (κ1) is 11.4. The summed E-state index contributed by atoms with van der Waals surface area (Å²) in [4.78, 5) is 0. The Hall–Kier alpha value is -2.26. The molecule has 3 heterocycles. The Morgan fingerprint density at radius 3 is 1.62 bits per heavy atom. The van der Waals surface area contributed by atoms with Gasteiger partial charge in [-0.1, -0.05) is 0 Å². The zero-order chi connectivity index (χ0) is 14.1. The van der Waals surface area contributed by atoms with Crippen LogP contribution in [0, 0.1) is 13.8 Å². The lowest BCUT2D eigenvalue weighted by Gasteiger charge is -1.93. The Bertz CT molecular complexity index is 1060. The Morgan fingerprint density at radius 1 is 0.667 bits per heavy atom. The normalized spacial score (nSPS) is 12.3. The van der Waals surface area contributed by atoms with E-state index in [0.29, 0.717) is 0 Å². The van der Waals surface area contributed by atoms with Gasteiger partial charge in [-0.15, -0.1) is 11.3 Å².